The van der Waals surface area contributed by atoms with Gasteiger partial charge in [-0.25, -0.2) is 4.79 Å². The summed E-state index contributed by atoms with van der Waals surface area (Å²) in [6, 6.07) is 0. The second-order valence-electron chi connectivity index (χ2n) is 5.35. The Morgan fingerprint density at radius 3 is 2.33 bits per heavy atom. The number of likely N-dealkylation sites (tertiary alicyclic amines) is 1. The molecule has 0 aromatic rings. The van der Waals surface area contributed by atoms with E-state index in [4.69, 9.17) is 17.0 Å². The minimum absolute atomic E-state index is 0.392. The Kier molecular flexibility index (Phi) is 5.65. The molecule has 0 atom stereocenters. The summed E-state index contributed by atoms with van der Waals surface area (Å²) in [6.07, 6.45) is 2.02. The predicted molar refractivity (Wildman–Crippen MR) is 75.6 cm³/mol. The first-order valence-electron chi connectivity index (χ1n) is 6.38. The molecule has 0 radical (unpaired) electrons. The van der Waals surface area contributed by atoms with Gasteiger partial charge in [0.1, 0.15) is 5.60 Å². The van der Waals surface area contributed by atoms with Crippen molar-refractivity contribution >= 4 is 23.4 Å². The first-order valence-corrected chi connectivity index (χ1v) is 6.79. The SMILES string of the molecule is CC(C)(C)OC(=O)NCCNC(=S)N1CCCC1. The van der Waals surface area contributed by atoms with Gasteiger partial charge < -0.3 is 20.3 Å². The highest BCUT2D eigenvalue weighted by Gasteiger charge is 2.16. The van der Waals surface area contributed by atoms with E-state index in [2.05, 4.69) is 15.5 Å². The van der Waals surface area contributed by atoms with Gasteiger partial charge in [-0.2, -0.15) is 0 Å². The molecular formula is C12H23N3O2S. The first-order chi connectivity index (χ1) is 8.38. The lowest BCUT2D eigenvalue weighted by molar-refractivity contribution is 0.0529. The number of carbonyl (C=O) groups excluding carboxylic acids is 1. The number of carbonyl (C=O) groups is 1. The summed E-state index contributed by atoms with van der Waals surface area (Å²) < 4.78 is 5.12. The van der Waals surface area contributed by atoms with Crippen molar-refractivity contribution in [1.29, 1.82) is 0 Å². The highest BCUT2D eigenvalue weighted by Crippen LogP contribution is 2.07. The fraction of sp³-hybridized carbons (Fsp3) is 0.833. The van der Waals surface area contributed by atoms with Crippen LogP contribution in [0.4, 0.5) is 4.79 Å². The lowest BCUT2D eigenvalue weighted by atomic mass is 10.2. The molecule has 18 heavy (non-hydrogen) atoms. The van der Waals surface area contributed by atoms with Gasteiger partial charge in [-0.3, -0.25) is 0 Å². The monoisotopic (exact) mass is 273 g/mol. The molecule has 1 amide bonds. The van der Waals surface area contributed by atoms with Crippen LogP contribution in [0.3, 0.4) is 0 Å². The zero-order valence-electron chi connectivity index (χ0n) is 11.4. The van der Waals surface area contributed by atoms with E-state index in [1.165, 1.54) is 12.8 Å². The van der Waals surface area contributed by atoms with Crippen molar-refractivity contribution in [2.75, 3.05) is 26.2 Å². The second kappa shape index (κ2) is 6.78. The molecule has 2 N–H and O–H groups in total. The van der Waals surface area contributed by atoms with Crippen LogP contribution >= 0.6 is 12.2 Å². The third-order valence-electron chi connectivity index (χ3n) is 2.46. The molecule has 1 saturated heterocycles. The number of thiocarbonyl (C=S) groups is 1. The van der Waals surface area contributed by atoms with Crippen LogP contribution in [0.15, 0.2) is 0 Å². The summed E-state index contributed by atoms with van der Waals surface area (Å²) in [5, 5.41) is 6.59. The molecule has 0 aromatic carbocycles. The molecule has 104 valence electrons. The first kappa shape index (κ1) is 15.0. The van der Waals surface area contributed by atoms with Crippen LogP contribution in [0.1, 0.15) is 33.6 Å². The van der Waals surface area contributed by atoms with Crippen molar-refractivity contribution in [3.8, 4) is 0 Å². The minimum Gasteiger partial charge on any atom is -0.444 e. The lowest BCUT2D eigenvalue weighted by Crippen LogP contribution is -2.42. The van der Waals surface area contributed by atoms with Crippen LogP contribution in [-0.4, -0.2) is 47.9 Å². The third kappa shape index (κ3) is 6.05. The van der Waals surface area contributed by atoms with Crippen LogP contribution in [0, 0.1) is 0 Å². The second-order valence-corrected chi connectivity index (χ2v) is 5.74. The van der Waals surface area contributed by atoms with E-state index in [0.717, 1.165) is 18.2 Å². The Morgan fingerprint density at radius 1 is 1.22 bits per heavy atom. The van der Waals surface area contributed by atoms with E-state index in [9.17, 15) is 4.79 Å². The van der Waals surface area contributed by atoms with Gasteiger partial charge >= 0.3 is 6.09 Å². The molecule has 0 aliphatic carbocycles. The summed E-state index contributed by atoms with van der Waals surface area (Å²) in [5.74, 6) is 0. The molecule has 6 heteroatoms. The molecular weight excluding hydrogens is 250 g/mol. The maximum atomic E-state index is 11.4. The summed E-state index contributed by atoms with van der Waals surface area (Å²) in [5.41, 5.74) is -0.456. The standard InChI is InChI=1S/C12H23N3O2S/c1-12(2,3)17-11(16)14-7-6-13-10(18)15-8-4-5-9-15/h4-9H2,1-3H3,(H,13,18)(H,14,16). The zero-order chi connectivity index (χ0) is 13.6. The Hall–Kier alpha value is -1.04. The summed E-state index contributed by atoms with van der Waals surface area (Å²) in [6.45, 7) is 8.71. The van der Waals surface area contributed by atoms with Crippen molar-refractivity contribution in [2.24, 2.45) is 0 Å². The van der Waals surface area contributed by atoms with Crippen LogP contribution in [0.2, 0.25) is 0 Å². The average Bonchev–Trinajstić information content (AvgIpc) is 2.74. The number of ether oxygens (including phenoxy) is 1. The number of rotatable bonds is 3. The van der Waals surface area contributed by atoms with E-state index < -0.39 is 11.7 Å². The van der Waals surface area contributed by atoms with Crippen LogP contribution in [-0.2, 0) is 4.74 Å². The minimum atomic E-state index is -0.456. The normalized spacial score (nSPS) is 15.4. The molecule has 1 fully saturated rings. The maximum Gasteiger partial charge on any atom is 0.407 e. The van der Waals surface area contributed by atoms with Gasteiger partial charge in [0.25, 0.3) is 0 Å². The van der Waals surface area contributed by atoms with Gasteiger partial charge in [-0.15, -0.1) is 0 Å². The summed E-state index contributed by atoms with van der Waals surface area (Å²) in [4.78, 5) is 13.5. The molecule has 0 saturated carbocycles. The third-order valence-corrected chi connectivity index (χ3v) is 2.87. The van der Waals surface area contributed by atoms with Crippen molar-refractivity contribution < 1.29 is 9.53 Å². The fourth-order valence-electron chi connectivity index (χ4n) is 1.68. The number of nitrogens with one attached hydrogen (secondary N) is 2. The number of hydrogen-bond acceptors (Lipinski definition) is 3. The molecule has 1 aliphatic rings. The van der Waals surface area contributed by atoms with E-state index in [0.29, 0.717) is 13.1 Å². The van der Waals surface area contributed by atoms with Gasteiger partial charge in [-0.1, -0.05) is 0 Å². The molecule has 1 rings (SSSR count). The largest absolute Gasteiger partial charge is 0.444 e. The number of hydrogen-bond donors (Lipinski definition) is 2. The van der Waals surface area contributed by atoms with E-state index in [1.54, 1.807) is 0 Å². The average molecular weight is 273 g/mol. The van der Waals surface area contributed by atoms with E-state index in [-0.39, 0.29) is 0 Å². The van der Waals surface area contributed by atoms with Gasteiger partial charge in [-0.05, 0) is 45.8 Å². The van der Waals surface area contributed by atoms with E-state index in [1.807, 2.05) is 20.8 Å². The number of alkyl carbamates (subject to hydrolysis) is 1. The maximum absolute atomic E-state index is 11.4. The Balaban J connectivity index is 2.07. The van der Waals surface area contributed by atoms with Gasteiger partial charge in [0.2, 0.25) is 0 Å². The molecule has 1 aliphatic heterocycles. The Bertz CT molecular complexity index is 296. The Labute approximate surface area is 114 Å². The Morgan fingerprint density at radius 2 is 1.78 bits per heavy atom. The van der Waals surface area contributed by atoms with Crippen LogP contribution in [0.25, 0.3) is 0 Å². The van der Waals surface area contributed by atoms with Gasteiger partial charge in [0.05, 0.1) is 0 Å². The molecule has 0 aromatic heterocycles. The molecule has 5 nitrogen and oxygen atoms in total. The van der Waals surface area contributed by atoms with Gasteiger partial charge in [0, 0.05) is 26.2 Å². The van der Waals surface area contributed by atoms with Crippen molar-refractivity contribution in [3.63, 3.8) is 0 Å². The fourth-order valence-corrected chi connectivity index (χ4v) is 1.96. The van der Waals surface area contributed by atoms with Crippen molar-refractivity contribution in [1.82, 2.24) is 15.5 Å². The van der Waals surface area contributed by atoms with Crippen molar-refractivity contribution in [3.05, 3.63) is 0 Å². The molecule has 0 unspecified atom stereocenters. The quantitative estimate of drug-likeness (QED) is 0.602. The van der Waals surface area contributed by atoms with Crippen LogP contribution < -0.4 is 10.6 Å². The van der Waals surface area contributed by atoms with Gasteiger partial charge in [0.15, 0.2) is 5.11 Å². The number of nitrogens with zero attached hydrogens (tertiary/aromatic N) is 1. The highest BCUT2D eigenvalue weighted by molar-refractivity contribution is 7.80. The van der Waals surface area contributed by atoms with Crippen molar-refractivity contribution in [2.45, 2.75) is 39.2 Å². The zero-order valence-corrected chi connectivity index (χ0v) is 12.2. The topological polar surface area (TPSA) is 53.6 Å². The molecule has 0 bridgehead atoms. The van der Waals surface area contributed by atoms with E-state index >= 15 is 0 Å². The molecule has 0 spiro atoms. The molecule has 1 heterocycles. The lowest BCUT2D eigenvalue weighted by Gasteiger charge is -2.21. The smallest absolute Gasteiger partial charge is 0.407 e. The predicted octanol–water partition coefficient (Wildman–Crippen LogP) is 1.48. The summed E-state index contributed by atoms with van der Waals surface area (Å²) in [7, 11) is 0. The van der Waals surface area contributed by atoms with Crippen LogP contribution in [0.5, 0.6) is 0 Å². The number of amides is 1. The highest BCUT2D eigenvalue weighted by atomic mass is 32.1. The summed E-state index contributed by atoms with van der Waals surface area (Å²) >= 11 is 5.25.